The third-order valence-corrected chi connectivity index (χ3v) is 4.55. The first-order chi connectivity index (χ1) is 12.6. The van der Waals surface area contributed by atoms with E-state index in [4.69, 9.17) is 17.3 Å². The summed E-state index contributed by atoms with van der Waals surface area (Å²) in [6.07, 6.45) is 7.24. The molecule has 6 heteroatoms. The number of amides is 1. The third kappa shape index (κ3) is 4.07. The Morgan fingerprint density at radius 2 is 1.73 bits per heavy atom. The van der Waals surface area contributed by atoms with Crippen LogP contribution >= 0.6 is 11.6 Å². The number of carbonyl (C=O) groups is 1. The highest BCUT2D eigenvalue weighted by Crippen LogP contribution is 2.28. The van der Waals surface area contributed by atoms with Crippen LogP contribution in [0.3, 0.4) is 0 Å². The number of aromatic nitrogens is 2. The lowest BCUT2D eigenvalue weighted by atomic mass is 9.83. The van der Waals surface area contributed by atoms with Gasteiger partial charge in [0.1, 0.15) is 5.54 Å². The topological polar surface area (TPSA) is 80.9 Å². The summed E-state index contributed by atoms with van der Waals surface area (Å²) in [4.78, 5) is 20.8. The zero-order chi connectivity index (χ0) is 18.4. The Balaban J connectivity index is 1.99. The van der Waals surface area contributed by atoms with E-state index in [9.17, 15) is 4.79 Å². The molecule has 0 saturated carbocycles. The minimum atomic E-state index is -1.09. The van der Waals surface area contributed by atoms with Gasteiger partial charge in [-0.1, -0.05) is 29.8 Å². The Morgan fingerprint density at radius 3 is 2.35 bits per heavy atom. The number of halogens is 1. The van der Waals surface area contributed by atoms with Crippen LogP contribution in [0.1, 0.15) is 16.7 Å². The van der Waals surface area contributed by atoms with Crippen LogP contribution < -0.4 is 11.1 Å². The molecule has 0 bridgehead atoms. The van der Waals surface area contributed by atoms with Crippen LogP contribution in [0.25, 0.3) is 0 Å². The van der Waals surface area contributed by atoms with Crippen molar-refractivity contribution in [3.8, 4) is 0 Å². The molecule has 0 aliphatic carbocycles. The lowest BCUT2D eigenvalue weighted by Gasteiger charge is -2.33. The quantitative estimate of drug-likeness (QED) is 0.673. The van der Waals surface area contributed by atoms with Crippen molar-refractivity contribution in [3.63, 3.8) is 0 Å². The molecule has 2 aromatic heterocycles. The van der Waals surface area contributed by atoms with Gasteiger partial charge >= 0.3 is 0 Å². The summed E-state index contributed by atoms with van der Waals surface area (Å²) in [5, 5.41) is 3.96. The van der Waals surface area contributed by atoms with Gasteiger partial charge in [-0.25, -0.2) is 0 Å². The maximum atomic E-state index is 12.6. The van der Waals surface area contributed by atoms with Crippen molar-refractivity contribution in [1.82, 2.24) is 15.3 Å². The van der Waals surface area contributed by atoms with Gasteiger partial charge in [0.2, 0.25) is 5.91 Å². The maximum absolute atomic E-state index is 12.6. The summed E-state index contributed by atoms with van der Waals surface area (Å²) >= 11 is 6.02. The Hall–Kier alpha value is -2.76. The minimum absolute atomic E-state index is 0.378. The standard InChI is InChI=1S/C20H19ClN4O/c21-18-5-3-17(4-6-18)20(19(22)26,12-16-2-1-9-24-13-16)25-14-15-7-10-23-11-8-15/h1-11,13,25H,12,14H2,(H2,22,26). The first-order valence-corrected chi connectivity index (χ1v) is 8.57. The van der Waals surface area contributed by atoms with Gasteiger partial charge in [0.05, 0.1) is 0 Å². The molecule has 1 atom stereocenters. The smallest absolute Gasteiger partial charge is 0.242 e. The number of nitrogens with zero attached hydrogens (tertiary/aromatic N) is 2. The van der Waals surface area contributed by atoms with Crippen LogP contribution in [-0.2, 0) is 23.3 Å². The number of primary amides is 1. The van der Waals surface area contributed by atoms with Crippen LogP contribution in [-0.4, -0.2) is 15.9 Å². The van der Waals surface area contributed by atoms with Crippen molar-refractivity contribution in [3.05, 3.63) is 95.0 Å². The number of nitrogens with two attached hydrogens (primary N) is 1. The fraction of sp³-hybridized carbons (Fsp3) is 0.150. The Morgan fingerprint density at radius 1 is 1.00 bits per heavy atom. The normalized spacial score (nSPS) is 13.1. The molecule has 0 saturated heterocycles. The molecule has 3 N–H and O–H groups in total. The second-order valence-electron chi connectivity index (χ2n) is 6.02. The highest BCUT2D eigenvalue weighted by Gasteiger charge is 2.38. The van der Waals surface area contributed by atoms with E-state index >= 15 is 0 Å². The van der Waals surface area contributed by atoms with Crippen LogP contribution in [0.2, 0.25) is 5.02 Å². The molecule has 3 rings (SSSR count). The molecular weight excluding hydrogens is 348 g/mol. The van der Waals surface area contributed by atoms with Crippen molar-refractivity contribution < 1.29 is 4.79 Å². The van der Waals surface area contributed by atoms with E-state index < -0.39 is 11.4 Å². The SMILES string of the molecule is NC(=O)C(Cc1cccnc1)(NCc1ccncc1)c1ccc(Cl)cc1. The van der Waals surface area contributed by atoms with Crippen molar-refractivity contribution in [2.24, 2.45) is 5.73 Å². The van der Waals surface area contributed by atoms with Crippen LogP contribution in [0.4, 0.5) is 0 Å². The van der Waals surface area contributed by atoms with Crippen LogP contribution in [0.5, 0.6) is 0 Å². The monoisotopic (exact) mass is 366 g/mol. The predicted octanol–water partition coefficient (Wildman–Crippen LogP) is 2.84. The van der Waals surface area contributed by atoms with Crippen LogP contribution in [0, 0.1) is 0 Å². The third-order valence-electron chi connectivity index (χ3n) is 4.29. The van der Waals surface area contributed by atoms with Crippen molar-refractivity contribution in [2.75, 3.05) is 0 Å². The molecule has 3 aromatic rings. The first kappa shape index (κ1) is 18.0. The van der Waals surface area contributed by atoms with Gasteiger partial charge in [-0.05, 0) is 47.0 Å². The first-order valence-electron chi connectivity index (χ1n) is 8.19. The Bertz CT molecular complexity index is 856. The summed E-state index contributed by atoms with van der Waals surface area (Å²) in [6.45, 7) is 0.467. The number of hydrogen-bond donors (Lipinski definition) is 2. The lowest BCUT2D eigenvalue weighted by Crippen LogP contribution is -2.54. The number of carbonyl (C=O) groups excluding carboxylic acids is 1. The summed E-state index contributed by atoms with van der Waals surface area (Å²) in [7, 11) is 0. The average molecular weight is 367 g/mol. The van der Waals surface area contributed by atoms with Gasteiger partial charge in [0.15, 0.2) is 0 Å². The molecule has 1 amide bonds. The average Bonchev–Trinajstić information content (AvgIpc) is 2.67. The van der Waals surface area contributed by atoms with Gasteiger partial charge in [0, 0.05) is 42.8 Å². The molecule has 1 aromatic carbocycles. The van der Waals surface area contributed by atoms with E-state index in [0.29, 0.717) is 18.0 Å². The van der Waals surface area contributed by atoms with E-state index in [-0.39, 0.29) is 0 Å². The molecule has 26 heavy (non-hydrogen) atoms. The van der Waals surface area contributed by atoms with Crippen molar-refractivity contribution in [1.29, 1.82) is 0 Å². The highest BCUT2D eigenvalue weighted by molar-refractivity contribution is 6.30. The molecule has 0 radical (unpaired) electrons. The number of rotatable bonds is 7. The summed E-state index contributed by atoms with van der Waals surface area (Å²) < 4.78 is 0. The number of hydrogen-bond acceptors (Lipinski definition) is 4. The van der Waals surface area contributed by atoms with E-state index in [1.807, 2.05) is 36.4 Å². The zero-order valence-corrected chi connectivity index (χ0v) is 14.9. The van der Waals surface area contributed by atoms with E-state index in [1.165, 1.54) is 0 Å². The van der Waals surface area contributed by atoms with E-state index in [2.05, 4.69) is 15.3 Å². The second-order valence-corrected chi connectivity index (χ2v) is 6.46. The molecular formula is C20H19ClN4O. The molecule has 0 spiro atoms. The van der Waals surface area contributed by atoms with Crippen molar-refractivity contribution in [2.45, 2.75) is 18.5 Å². The minimum Gasteiger partial charge on any atom is -0.368 e. The van der Waals surface area contributed by atoms with Gasteiger partial charge in [-0.15, -0.1) is 0 Å². The zero-order valence-electron chi connectivity index (χ0n) is 14.1. The van der Waals surface area contributed by atoms with Crippen LogP contribution in [0.15, 0.2) is 73.3 Å². The molecule has 0 aliphatic heterocycles. The molecule has 132 valence electrons. The van der Waals surface area contributed by atoms with Crippen molar-refractivity contribution >= 4 is 17.5 Å². The highest BCUT2D eigenvalue weighted by atomic mass is 35.5. The molecule has 0 fully saturated rings. The van der Waals surface area contributed by atoms with Gasteiger partial charge in [0.25, 0.3) is 0 Å². The molecule has 1 unspecified atom stereocenters. The largest absolute Gasteiger partial charge is 0.368 e. The van der Waals surface area contributed by atoms with Gasteiger partial charge in [-0.2, -0.15) is 0 Å². The lowest BCUT2D eigenvalue weighted by molar-refractivity contribution is -0.125. The van der Waals surface area contributed by atoms with Gasteiger partial charge < -0.3 is 5.73 Å². The molecule has 2 heterocycles. The molecule has 5 nitrogen and oxygen atoms in total. The number of pyridine rings is 2. The fourth-order valence-corrected chi connectivity index (χ4v) is 3.01. The van der Waals surface area contributed by atoms with E-state index in [1.54, 1.807) is 36.9 Å². The Kier molecular flexibility index (Phi) is 5.61. The number of nitrogens with one attached hydrogen (secondary N) is 1. The van der Waals surface area contributed by atoms with E-state index in [0.717, 1.165) is 16.7 Å². The fourth-order valence-electron chi connectivity index (χ4n) is 2.88. The second kappa shape index (κ2) is 8.08. The Labute approximate surface area is 157 Å². The maximum Gasteiger partial charge on any atom is 0.242 e. The summed E-state index contributed by atoms with van der Waals surface area (Å²) in [5.74, 6) is -0.460. The number of benzene rings is 1. The summed E-state index contributed by atoms with van der Waals surface area (Å²) in [5.41, 5.74) is 7.47. The predicted molar refractivity (Wildman–Crippen MR) is 101 cm³/mol. The molecule has 0 aliphatic rings. The summed E-state index contributed by atoms with van der Waals surface area (Å²) in [6, 6.07) is 14.7. The van der Waals surface area contributed by atoms with Gasteiger partial charge in [-0.3, -0.25) is 20.1 Å².